The lowest BCUT2D eigenvalue weighted by molar-refractivity contribution is 0.103. The molecule has 0 bridgehead atoms. The number of carbonyl (C=O) groups excluding carboxylic acids is 1. The van der Waals surface area contributed by atoms with Gasteiger partial charge in [0.25, 0.3) is 0 Å². The predicted molar refractivity (Wildman–Crippen MR) is 96.2 cm³/mol. The molecule has 0 saturated carbocycles. The Hall–Kier alpha value is -1.51. The number of hydrogen-bond donors (Lipinski definition) is 1. The Balaban J connectivity index is 2.66. The highest BCUT2D eigenvalue weighted by Gasteiger charge is 2.21. The summed E-state index contributed by atoms with van der Waals surface area (Å²) < 4.78 is 0. The number of hydrogen-bond acceptors (Lipinski definition) is 2. The summed E-state index contributed by atoms with van der Waals surface area (Å²) in [5, 5.41) is 11.1. The minimum absolute atomic E-state index is 0.0990. The van der Waals surface area contributed by atoms with E-state index in [1.165, 1.54) is 0 Å². The first kappa shape index (κ1) is 17.8. The van der Waals surface area contributed by atoms with Gasteiger partial charge in [0.05, 0.1) is 15.6 Å². The first-order valence-corrected chi connectivity index (χ1v) is 8.35. The Morgan fingerprint density at radius 2 is 1.39 bits per heavy atom. The van der Waals surface area contributed by atoms with Crippen molar-refractivity contribution in [3.8, 4) is 5.75 Å². The fourth-order valence-corrected chi connectivity index (χ4v) is 3.12. The van der Waals surface area contributed by atoms with Crippen LogP contribution in [-0.2, 0) is 0 Å². The highest BCUT2D eigenvalue weighted by atomic mass is 35.5. The van der Waals surface area contributed by atoms with E-state index in [2.05, 4.69) is 0 Å². The highest BCUT2D eigenvalue weighted by molar-refractivity contribution is 6.41. The topological polar surface area (TPSA) is 37.3 Å². The molecule has 0 aliphatic carbocycles. The molecule has 0 spiro atoms. The van der Waals surface area contributed by atoms with E-state index in [0.29, 0.717) is 21.2 Å². The van der Waals surface area contributed by atoms with Crippen molar-refractivity contribution in [1.82, 2.24) is 0 Å². The lowest BCUT2D eigenvalue weighted by Crippen LogP contribution is -2.07. The van der Waals surface area contributed by atoms with Crippen molar-refractivity contribution < 1.29 is 9.90 Å². The second-order valence-corrected chi connectivity index (χ2v) is 7.05. The maximum atomic E-state index is 12.9. The van der Waals surface area contributed by atoms with Gasteiger partial charge in [0.1, 0.15) is 5.75 Å². The molecule has 4 heteroatoms. The van der Waals surface area contributed by atoms with Crippen molar-refractivity contribution >= 4 is 29.0 Å². The van der Waals surface area contributed by atoms with Crippen LogP contribution in [0.2, 0.25) is 10.0 Å². The summed E-state index contributed by atoms with van der Waals surface area (Å²) in [6.07, 6.45) is 0. The number of halogens is 2. The van der Waals surface area contributed by atoms with E-state index in [1.807, 2.05) is 27.7 Å². The van der Waals surface area contributed by atoms with Gasteiger partial charge in [-0.05, 0) is 47.2 Å². The molecule has 0 aromatic heterocycles. The minimum Gasteiger partial charge on any atom is -0.507 e. The number of aromatic hydroxyl groups is 1. The molecule has 122 valence electrons. The number of ketones is 1. The van der Waals surface area contributed by atoms with E-state index >= 15 is 0 Å². The largest absolute Gasteiger partial charge is 0.507 e. The molecule has 0 atom stereocenters. The highest BCUT2D eigenvalue weighted by Crippen LogP contribution is 2.36. The summed E-state index contributed by atoms with van der Waals surface area (Å²) in [5.41, 5.74) is 2.29. The van der Waals surface area contributed by atoms with Gasteiger partial charge >= 0.3 is 0 Å². The van der Waals surface area contributed by atoms with E-state index in [1.54, 1.807) is 30.3 Å². The molecule has 0 heterocycles. The molecule has 0 radical (unpaired) electrons. The SMILES string of the molecule is CC(C)c1cc(C(=O)c2c(Cl)cccc2Cl)cc(C(C)C)c1O. The van der Waals surface area contributed by atoms with Gasteiger partial charge in [0.15, 0.2) is 5.78 Å². The van der Waals surface area contributed by atoms with Crippen molar-refractivity contribution in [3.63, 3.8) is 0 Å². The third kappa shape index (κ3) is 3.54. The first-order chi connectivity index (χ1) is 10.7. The smallest absolute Gasteiger partial charge is 0.196 e. The fourth-order valence-electron chi connectivity index (χ4n) is 2.55. The summed E-state index contributed by atoms with van der Waals surface area (Å²) in [6.45, 7) is 7.93. The summed E-state index contributed by atoms with van der Waals surface area (Å²) in [6, 6.07) is 8.46. The third-order valence-corrected chi connectivity index (χ3v) is 4.49. The maximum Gasteiger partial charge on any atom is 0.196 e. The van der Waals surface area contributed by atoms with E-state index < -0.39 is 0 Å². The van der Waals surface area contributed by atoms with Crippen LogP contribution in [0.15, 0.2) is 30.3 Å². The lowest BCUT2D eigenvalue weighted by Gasteiger charge is -2.17. The first-order valence-electron chi connectivity index (χ1n) is 7.59. The van der Waals surface area contributed by atoms with E-state index in [-0.39, 0.29) is 23.4 Å². The number of carbonyl (C=O) groups is 1. The van der Waals surface area contributed by atoms with Gasteiger partial charge in [-0.2, -0.15) is 0 Å². The van der Waals surface area contributed by atoms with Crippen LogP contribution in [0, 0.1) is 0 Å². The maximum absolute atomic E-state index is 12.9. The Kier molecular flexibility index (Phi) is 5.38. The summed E-state index contributed by atoms with van der Waals surface area (Å²) in [5.74, 6) is 0.227. The molecule has 2 aromatic rings. The van der Waals surface area contributed by atoms with E-state index in [0.717, 1.165) is 11.1 Å². The van der Waals surface area contributed by atoms with Crippen LogP contribution in [0.1, 0.15) is 66.6 Å². The van der Waals surface area contributed by atoms with Crippen molar-refractivity contribution in [2.24, 2.45) is 0 Å². The van der Waals surface area contributed by atoms with Crippen LogP contribution in [0.25, 0.3) is 0 Å². The van der Waals surface area contributed by atoms with Crippen molar-refractivity contribution in [2.75, 3.05) is 0 Å². The molecule has 2 nitrogen and oxygen atoms in total. The van der Waals surface area contributed by atoms with Crippen LogP contribution in [0.3, 0.4) is 0 Å². The van der Waals surface area contributed by atoms with Crippen LogP contribution >= 0.6 is 23.2 Å². The Bertz CT molecular complexity index is 700. The van der Waals surface area contributed by atoms with Crippen LogP contribution in [0.5, 0.6) is 5.75 Å². The van der Waals surface area contributed by atoms with Gasteiger partial charge in [-0.3, -0.25) is 4.79 Å². The number of phenols is 1. The second-order valence-electron chi connectivity index (χ2n) is 6.24. The molecular formula is C19H20Cl2O2. The fraction of sp³-hybridized carbons (Fsp3) is 0.316. The molecule has 0 aliphatic heterocycles. The van der Waals surface area contributed by atoms with Gasteiger partial charge in [0, 0.05) is 5.56 Å². The molecule has 0 fully saturated rings. The van der Waals surface area contributed by atoms with Gasteiger partial charge in [-0.25, -0.2) is 0 Å². The lowest BCUT2D eigenvalue weighted by atomic mass is 9.89. The standard InChI is InChI=1S/C19H20Cl2O2/c1-10(2)13-8-12(9-14(11(3)4)19(13)23)18(22)17-15(20)6-5-7-16(17)21/h5-11,23H,1-4H3. The van der Waals surface area contributed by atoms with Gasteiger partial charge < -0.3 is 5.11 Å². The molecule has 0 aliphatic rings. The molecular weight excluding hydrogens is 331 g/mol. The van der Waals surface area contributed by atoms with Gasteiger partial charge in [0.2, 0.25) is 0 Å². The van der Waals surface area contributed by atoms with Crippen LogP contribution in [0.4, 0.5) is 0 Å². The van der Waals surface area contributed by atoms with E-state index in [9.17, 15) is 9.90 Å². The third-order valence-electron chi connectivity index (χ3n) is 3.86. The van der Waals surface area contributed by atoms with Crippen LogP contribution < -0.4 is 0 Å². The van der Waals surface area contributed by atoms with Crippen molar-refractivity contribution in [2.45, 2.75) is 39.5 Å². The summed E-state index contributed by atoms with van der Waals surface area (Å²) >= 11 is 12.3. The zero-order valence-electron chi connectivity index (χ0n) is 13.7. The number of benzene rings is 2. The van der Waals surface area contributed by atoms with Gasteiger partial charge in [-0.15, -0.1) is 0 Å². The number of phenolic OH excluding ortho intramolecular Hbond substituents is 1. The Morgan fingerprint density at radius 1 is 0.957 bits per heavy atom. The molecule has 1 N–H and O–H groups in total. The van der Waals surface area contributed by atoms with E-state index in [4.69, 9.17) is 23.2 Å². The Morgan fingerprint density at radius 3 is 1.78 bits per heavy atom. The van der Waals surface area contributed by atoms with Crippen molar-refractivity contribution in [3.05, 3.63) is 62.6 Å². The molecule has 0 amide bonds. The zero-order valence-corrected chi connectivity index (χ0v) is 15.2. The van der Waals surface area contributed by atoms with Crippen LogP contribution in [-0.4, -0.2) is 10.9 Å². The summed E-state index contributed by atoms with van der Waals surface area (Å²) in [7, 11) is 0. The molecule has 0 unspecified atom stereocenters. The monoisotopic (exact) mass is 350 g/mol. The number of rotatable bonds is 4. The zero-order chi connectivity index (χ0) is 17.3. The normalized spacial score (nSPS) is 11.3. The average molecular weight is 351 g/mol. The molecule has 23 heavy (non-hydrogen) atoms. The second kappa shape index (κ2) is 6.94. The molecule has 2 aromatic carbocycles. The molecule has 2 rings (SSSR count). The average Bonchev–Trinajstić information content (AvgIpc) is 2.46. The minimum atomic E-state index is -0.232. The predicted octanol–water partition coefficient (Wildman–Crippen LogP) is 6.18. The van der Waals surface area contributed by atoms with Gasteiger partial charge in [-0.1, -0.05) is 57.0 Å². The quantitative estimate of drug-likeness (QED) is 0.668. The Labute approximate surface area is 147 Å². The summed E-state index contributed by atoms with van der Waals surface area (Å²) in [4.78, 5) is 12.9. The molecule has 0 saturated heterocycles. The van der Waals surface area contributed by atoms with Crippen molar-refractivity contribution in [1.29, 1.82) is 0 Å².